The molecule has 1 aromatic carbocycles. The second kappa shape index (κ2) is 6.28. The van der Waals surface area contributed by atoms with Gasteiger partial charge in [-0.15, -0.1) is 0 Å². The van der Waals surface area contributed by atoms with E-state index in [4.69, 9.17) is 12.2 Å². The number of aromatic amines is 1. The molecule has 0 aliphatic heterocycles. The van der Waals surface area contributed by atoms with Gasteiger partial charge in [0, 0.05) is 24.5 Å². The lowest BCUT2D eigenvalue weighted by molar-refractivity contribution is 0.815. The summed E-state index contributed by atoms with van der Waals surface area (Å²) in [5.41, 5.74) is 2.16. The van der Waals surface area contributed by atoms with Gasteiger partial charge in [-0.2, -0.15) is 5.10 Å². The van der Waals surface area contributed by atoms with E-state index in [-0.39, 0.29) is 0 Å². The average Bonchev–Trinajstić information content (AvgIpc) is 2.91. The van der Waals surface area contributed by atoms with Gasteiger partial charge in [0.25, 0.3) is 0 Å². The van der Waals surface area contributed by atoms with Crippen LogP contribution in [0.4, 0.5) is 0 Å². The number of pyridine rings is 1. The summed E-state index contributed by atoms with van der Waals surface area (Å²) in [6.45, 7) is 0.669. The number of benzene rings is 1. The number of nitrogens with zero attached hydrogens (tertiary/aromatic N) is 3. The standard InChI is InChI=1S/C16H14N4S/c21-16-19-18-15(14-8-10-17-11-9-14)20(16)12-4-7-13-5-2-1-3-6-13/h1-11H,12H2,(H,19,21)/b7-4+. The lowest BCUT2D eigenvalue weighted by Gasteiger charge is -2.03. The van der Waals surface area contributed by atoms with Crippen LogP contribution in [0.3, 0.4) is 0 Å². The van der Waals surface area contributed by atoms with E-state index in [0.717, 1.165) is 17.0 Å². The number of aromatic nitrogens is 4. The number of hydrogen-bond acceptors (Lipinski definition) is 3. The predicted molar refractivity (Wildman–Crippen MR) is 86.1 cm³/mol. The predicted octanol–water partition coefficient (Wildman–Crippen LogP) is 3.72. The molecule has 4 nitrogen and oxygen atoms in total. The molecule has 0 atom stereocenters. The highest BCUT2D eigenvalue weighted by Crippen LogP contribution is 2.16. The molecule has 0 unspecified atom stereocenters. The van der Waals surface area contributed by atoms with Crippen molar-refractivity contribution in [1.29, 1.82) is 0 Å². The Hall–Kier alpha value is -2.53. The second-order valence-corrected chi connectivity index (χ2v) is 4.90. The molecule has 1 N–H and O–H groups in total. The number of hydrogen-bond donors (Lipinski definition) is 1. The first-order valence-corrected chi connectivity index (χ1v) is 7.02. The summed E-state index contributed by atoms with van der Waals surface area (Å²) in [4.78, 5) is 4.02. The Bertz CT molecular complexity index is 788. The Balaban J connectivity index is 1.85. The molecule has 3 rings (SSSR count). The lowest BCUT2D eigenvalue weighted by Crippen LogP contribution is -1.98. The molecular formula is C16H14N4S. The number of nitrogens with one attached hydrogen (secondary N) is 1. The quantitative estimate of drug-likeness (QED) is 0.746. The molecular weight excluding hydrogens is 280 g/mol. The van der Waals surface area contributed by atoms with E-state index in [1.165, 1.54) is 0 Å². The van der Waals surface area contributed by atoms with Crippen LogP contribution < -0.4 is 0 Å². The van der Waals surface area contributed by atoms with E-state index in [1.807, 2.05) is 34.9 Å². The Morgan fingerprint density at radius 2 is 1.86 bits per heavy atom. The first-order valence-electron chi connectivity index (χ1n) is 6.62. The van der Waals surface area contributed by atoms with E-state index < -0.39 is 0 Å². The molecule has 0 amide bonds. The van der Waals surface area contributed by atoms with Crippen LogP contribution >= 0.6 is 12.2 Å². The molecule has 0 radical (unpaired) electrons. The fraction of sp³-hybridized carbons (Fsp3) is 0.0625. The van der Waals surface area contributed by atoms with Crippen molar-refractivity contribution < 1.29 is 0 Å². The average molecular weight is 294 g/mol. The summed E-state index contributed by atoms with van der Waals surface area (Å²) in [5.74, 6) is 0.820. The zero-order valence-electron chi connectivity index (χ0n) is 11.3. The zero-order chi connectivity index (χ0) is 14.5. The monoisotopic (exact) mass is 294 g/mol. The molecule has 0 saturated carbocycles. The minimum absolute atomic E-state index is 0.611. The van der Waals surface area contributed by atoms with Crippen LogP contribution in [-0.4, -0.2) is 19.7 Å². The number of rotatable bonds is 4. The molecule has 21 heavy (non-hydrogen) atoms. The van der Waals surface area contributed by atoms with Crippen molar-refractivity contribution in [2.45, 2.75) is 6.54 Å². The highest BCUT2D eigenvalue weighted by Gasteiger charge is 2.06. The molecule has 0 saturated heterocycles. The molecule has 0 aliphatic carbocycles. The van der Waals surface area contributed by atoms with E-state index in [2.05, 4.69) is 39.5 Å². The van der Waals surface area contributed by atoms with Crippen molar-refractivity contribution in [3.8, 4) is 11.4 Å². The Morgan fingerprint density at radius 1 is 1.10 bits per heavy atom. The molecule has 0 aliphatic rings. The van der Waals surface area contributed by atoms with E-state index >= 15 is 0 Å². The third-order valence-electron chi connectivity index (χ3n) is 3.09. The smallest absolute Gasteiger partial charge is 0.195 e. The number of allylic oxidation sites excluding steroid dienone is 1. The van der Waals surface area contributed by atoms with Crippen molar-refractivity contribution >= 4 is 18.3 Å². The van der Waals surface area contributed by atoms with Crippen molar-refractivity contribution in [1.82, 2.24) is 19.7 Å². The Labute approximate surface area is 127 Å². The van der Waals surface area contributed by atoms with Crippen LogP contribution in [0.5, 0.6) is 0 Å². The maximum absolute atomic E-state index is 5.30. The minimum Gasteiger partial charge on any atom is -0.296 e. The van der Waals surface area contributed by atoms with Gasteiger partial charge in [0.1, 0.15) is 0 Å². The fourth-order valence-electron chi connectivity index (χ4n) is 2.07. The SMILES string of the molecule is S=c1[nH]nc(-c2ccncc2)n1C/C=C/c1ccccc1. The molecule has 2 heterocycles. The van der Waals surface area contributed by atoms with Crippen molar-refractivity contribution in [3.63, 3.8) is 0 Å². The van der Waals surface area contributed by atoms with Gasteiger partial charge in [-0.3, -0.25) is 14.6 Å². The molecule has 0 spiro atoms. The molecule has 104 valence electrons. The third kappa shape index (κ3) is 3.14. The Kier molecular flexibility index (Phi) is 4.02. The maximum atomic E-state index is 5.30. The van der Waals surface area contributed by atoms with E-state index in [9.17, 15) is 0 Å². The van der Waals surface area contributed by atoms with Gasteiger partial charge in [0.2, 0.25) is 0 Å². The van der Waals surface area contributed by atoms with Gasteiger partial charge >= 0.3 is 0 Å². The molecule has 2 aromatic heterocycles. The molecule has 5 heteroatoms. The summed E-state index contributed by atoms with van der Waals surface area (Å²) >= 11 is 5.30. The van der Waals surface area contributed by atoms with Gasteiger partial charge in [-0.05, 0) is 29.9 Å². The summed E-state index contributed by atoms with van der Waals surface area (Å²) in [5, 5.41) is 7.14. The van der Waals surface area contributed by atoms with Crippen LogP contribution in [0.25, 0.3) is 17.5 Å². The number of H-pyrrole nitrogens is 1. The summed E-state index contributed by atoms with van der Waals surface area (Å²) in [7, 11) is 0. The zero-order valence-corrected chi connectivity index (χ0v) is 12.1. The normalized spacial score (nSPS) is 11.0. The van der Waals surface area contributed by atoms with Crippen LogP contribution in [-0.2, 0) is 6.54 Å². The van der Waals surface area contributed by atoms with Gasteiger partial charge in [-0.1, -0.05) is 42.5 Å². The molecule has 3 aromatic rings. The van der Waals surface area contributed by atoms with Gasteiger partial charge in [0.15, 0.2) is 10.6 Å². The summed E-state index contributed by atoms with van der Waals surface area (Å²) < 4.78 is 2.57. The largest absolute Gasteiger partial charge is 0.296 e. The fourth-order valence-corrected chi connectivity index (χ4v) is 2.27. The second-order valence-electron chi connectivity index (χ2n) is 4.51. The molecule has 0 fully saturated rings. The Morgan fingerprint density at radius 3 is 2.62 bits per heavy atom. The van der Waals surface area contributed by atoms with Crippen LogP contribution in [0, 0.1) is 4.77 Å². The van der Waals surface area contributed by atoms with E-state index in [0.29, 0.717) is 11.3 Å². The van der Waals surface area contributed by atoms with Crippen LogP contribution in [0.2, 0.25) is 0 Å². The minimum atomic E-state index is 0.611. The summed E-state index contributed by atoms with van der Waals surface area (Å²) in [6.07, 6.45) is 7.64. The van der Waals surface area contributed by atoms with Crippen molar-refractivity contribution in [2.75, 3.05) is 0 Å². The van der Waals surface area contributed by atoms with Crippen molar-refractivity contribution in [2.24, 2.45) is 0 Å². The third-order valence-corrected chi connectivity index (χ3v) is 3.41. The summed E-state index contributed by atoms with van der Waals surface area (Å²) in [6, 6.07) is 14.0. The molecule has 0 bridgehead atoms. The lowest BCUT2D eigenvalue weighted by atomic mass is 10.2. The first kappa shape index (κ1) is 13.5. The van der Waals surface area contributed by atoms with Crippen molar-refractivity contribution in [3.05, 3.63) is 71.3 Å². The van der Waals surface area contributed by atoms with Gasteiger partial charge in [0.05, 0.1) is 0 Å². The maximum Gasteiger partial charge on any atom is 0.195 e. The van der Waals surface area contributed by atoms with Crippen LogP contribution in [0.15, 0.2) is 60.9 Å². The van der Waals surface area contributed by atoms with Gasteiger partial charge in [-0.25, -0.2) is 0 Å². The highest BCUT2D eigenvalue weighted by molar-refractivity contribution is 7.71. The van der Waals surface area contributed by atoms with E-state index in [1.54, 1.807) is 12.4 Å². The highest BCUT2D eigenvalue weighted by atomic mass is 32.1. The topological polar surface area (TPSA) is 46.5 Å². The van der Waals surface area contributed by atoms with Gasteiger partial charge < -0.3 is 0 Å². The van der Waals surface area contributed by atoms with Crippen LogP contribution in [0.1, 0.15) is 5.56 Å². The first-order chi connectivity index (χ1) is 10.3.